The van der Waals surface area contributed by atoms with E-state index in [1.165, 1.54) is 0 Å². The maximum atomic E-state index is 14.5. The number of nitrogens with two attached hydrogens (primary N) is 1. The average molecular weight is 1740 g/mol. The van der Waals surface area contributed by atoms with Gasteiger partial charge in [0.2, 0.25) is 41.4 Å². The molecule has 3 aliphatic heterocycles. The van der Waals surface area contributed by atoms with Gasteiger partial charge in [0.15, 0.2) is 5.78 Å². The summed E-state index contributed by atoms with van der Waals surface area (Å²) in [5.41, 5.74) is 27.1. The zero-order valence-electron chi connectivity index (χ0n) is 74.3. The van der Waals surface area contributed by atoms with Crippen LogP contribution in [0.5, 0.6) is 0 Å². The van der Waals surface area contributed by atoms with Gasteiger partial charge in [-0.15, -0.1) is 11.1 Å². The van der Waals surface area contributed by atoms with E-state index in [0.717, 1.165) is 81.9 Å². The molecule has 0 aromatic heterocycles. The number of esters is 1. The summed E-state index contributed by atoms with van der Waals surface area (Å²) < 4.78 is 57.9. The number of para-hydroxylation sites is 1. The van der Waals surface area contributed by atoms with Crippen molar-refractivity contribution in [1.82, 2.24) is 63.8 Å². The number of ketones is 1. The Morgan fingerprint density at radius 3 is 1.80 bits per heavy atom. The monoisotopic (exact) mass is 1740 g/mol. The Kier molecular flexibility index (Phi) is 46.3. The topological polar surface area (TPSA) is 431 Å². The number of nitrogens with zero attached hydrogens (tertiary/aromatic N) is 4. The van der Waals surface area contributed by atoms with Crippen LogP contribution in [0, 0.1) is 17.8 Å². The minimum Gasteiger partial charge on any atom is -0.461 e. The molecule has 3 heterocycles. The zero-order valence-corrected chi connectivity index (χ0v) is 74.3. The number of carbonyl (C=O) groups excluding carboxylic acids is 10. The number of urea groups is 1. The molecule has 7 rings (SSSR count). The van der Waals surface area contributed by atoms with Crippen molar-refractivity contribution in [2.45, 2.75) is 175 Å². The van der Waals surface area contributed by atoms with E-state index in [0.29, 0.717) is 116 Å². The normalized spacial score (nSPS) is 15.2. The standard InChI is InChI=1S/C88H138N16O20/c1-62(2)81(74(105)58-66(21-19-37-93-88(89)114)85(111)94-68-30-28-65(29-31-68)60-124-87(113)63(3)4)96-86(112)71(24-17-18-36-90-79(109)61-123-75-27-12-10-11-26-73-83(75)98-99-102(73)40-45-118-49-53-122-57-55-119-50-46-115-42-34-77(107)91-38-41-104(7,8)9)95-78(108)35-43-116-47-51-120-54-56-121-52-48-117-44-39-92-76(106)32-33-80(110)101-59-67-20-13-14-22-69(67)84-82(97-100-103(84)64(5)6)70-23-15-16-25-72(70)101/h13-16,20,22-23,25,28-31,62-64,66,71,75,81,97-100H,10-12,17-19,21,24,26-27,32-61H2,1-9H3,(H8-,89,90,91,92,93,94,95,96,106,107,108,109,111,112,114)/p+1/t66-,71-,75?,81+/m1/s1. The van der Waals surface area contributed by atoms with Crippen molar-refractivity contribution >= 4 is 81.9 Å². The van der Waals surface area contributed by atoms with Gasteiger partial charge in [-0.05, 0) is 100 Å². The van der Waals surface area contributed by atoms with Crippen LogP contribution in [0.25, 0.3) is 11.4 Å². The Hall–Kier alpha value is -9.44. The summed E-state index contributed by atoms with van der Waals surface area (Å²) in [5, 5.41) is 23.9. The van der Waals surface area contributed by atoms with Crippen LogP contribution in [0.15, 0.2) is 84.2 Å². The van der Waals surface area contributed by atoms with Crippen molar-refractivity contribution in [3.05, 3.63) is 106 Å². The molecular weight excluding hydrogens is 1600 g/mol. The number of anilines is 2. The van der Waals surface area contributed by atoms with Crippen LogP contribution in [0.2, 0.25) is 0 Å². The van der Waals surface area contributed by atoms with Crippen molar-refractivity contribution in [3.8, 4) is 0 Å². The summed E-state index contributed by atoms with van der Waals surface area (Å²) in [4.78, 5) is 134. The number of fused-ring (bicyclic) bond motifs is 4. The highest BCUT2D eigenvalue weighted by atomic mass is 16.6. The van der Waals surface area contributed by atoms with E-state index in [4.69, 9.17) is 53.1 Å². The van der Waals surface area contributed by atoms with Crippen LogP contribution in [0.1, 0.15) is 160 Å². The molecule has 0 radical (unpaired) electrons. The number of ether oxygens (including phenoxy) is 10. The van der Waals surface area contributed by atoms with E-state index in [1.54, 1.807) is 56.9 Å². The van der Waals surface area contributed by atoms with E-state index in [9.17, 15) is 47.9 Å². The molecule has 0 saturated heterocycles. The molecular formula is C88H139N16O20+. The molecule has 690 valence electrons. The molecule has 0 fully saturated rings. The van der Waals surface area contributed by atoms with Gasteiger partial charge in [0.25, 0.3) is 0 Å². The van der Waals surface area contributed by atoms with E-state index >= 15 is 0 Å². The van der Waals surface area contributed by atoms with Gasteiger partial charge in [-0.3, -0.25) is 53.2 Å². The number of hydrazine groups is 4. The zero-order chi connectivity index (χ0) is 89.4. The number of likely N-dealkylation sites (N-methyl/N-ethyl adjacent to an activating group) is 1. The Morgan fingerprint density at radius 1 is 0.556 bits per heavy atom. The van der Waals surface area contributed by atoms with Gasteiger partial charge in [0, 0.05) is 80.5 Å². The predicted octanol–water partition coefficient (Wildman–Crippen LogP) is 4.88. The van der Waals surface area contributed by atoms with Gasteiger partial charge in [-0.2, -0.15) is 0 Å². The molecule has 3 aromatic rings. The molecule has 0 bridgehead atoms. The van der Waals surface area contributed by atoms with Crippen molar-refractivity contribution < 1.29 is 99.8 Å². The summed E-state index contributed by atoms with van der Waals surface area (Å²) in [6.45, 7) is 18.9. The fourth-order valence-electron chi connectivity index (χ4n) is 13.9. The van der Waals surface area contributed by atoms with Crippen molar-refractivity contribution in [1.29, 1.82) is 0 Å². The number of carbonyl (C=O) groups is 10. The quantitative estimate of drug-likeness (QED) is 0.0203. The Bertz CT molecular complexity index is 3880. The Balaban J connectivity index is 0.810. The Labute approximate surface area is 730 Å². The maximum Gasteiger partial charge on any atom is 0.312 e. The third-order valence-corrected chi connectivity index (χ3v) is 20.7. The van der Waals surface area contributed by atoms with Crippen LogP contribution in [-0.4, -0.2) is 271 Å². The molecule has 1 aliphatic carbocycles. The van der Waals surface area contributed by atoms with Gasteiger partial charge in [0.1, 0.15) is 25.4 Å². The lowest BCUT2D eigenvalue weighted by atomic mass is 9.89. The number of allylic oxidation sites excluding steroid dienone is 1. The van der Waals surface area contributed by atoms with Crippen LogP contribution < -0.4 is 69.8 Å². The lowest BCUT2D eigenvalue weighted by molar-refractivity contribution is -0.869. The second kappa shape index (κ2) is 56.5. The minimum absolute atomic E-state index is 0.000857. The second-order valence-electron chi connectivity index (χ2n) is 32.8. The number of Topliss-reactive ketones (excluding diaryl/α,β-unsaturated/α-hetero) is 1. The first kappa shape index (κ1) is 102. The van der Waals surface area contributed by atoms with Gasteiger partial charge < -0.3 is 111 Å². The van der Waals surface area contributed by atoms with E-state index in [2.05, 4.69) is 105 Å². The van der Waals surface area contributed by atoms with E-state index in [-0.39, 0.29) is 172 Å². The first-order valence-electron chi connectivity index (χ1n) is 43.9. The number of primary amides is 1. The summed E-state index contributed by atoms with van der Waals surface area (Å²) in [6.07, 6.45) is 5.39. The molecule has 3 aromatic carbocycles. The highest BCUT2D eigenvalue weighted by Gasteiger charge is 2.36. The number of hydrogen-bond donors (Lipinski definition) is 12. The molecule has 1 unspecified atom stereocenters. The van der Waals surface area contributed by atoms with Crippen molar-refractivity contribution in [2.75, 3.05) is 183 Å². The molecule has 36 heteroatoms. The van der Waals surface area contributed by atoms with Gasteiger partial charge >= 0.3 is 12.0 Å². The molecule has 124 heavy (non-hydrogen) atoms. The number of amides is 9. The molecule has 9 amide bonds. The van der Waals surface area contributed by atoms with Gasteiger partial charge in [-0.25, -0.2) is 4.79 Å². The molecule has 36 nitrogen and oxygen atoms in total. The van der Waals surface area contributed by atoms with E-state index < -0.39 is 53.5 Å². The third-order valence-electron chi connectivity index (χ3n) is 20.7. The van der Waals surface area contributed by atoms with Crippen molar-refractivity contribution in [2.24, 2.45) is 23.5 Å². The number of unbranched alkanes of at least 4 members (excludes halogenated alkanes) is 1. The number of nitrogens with one attached hydrogen (secondary N) is 11. The largest absolute Gasteiger partial charge is 0.461 e. The number of quaternary nitrogens is 1. The maximum absolute atomic E-state index is 14.5. The smallest absolute Gasteiger partial charge is 0.312 e. The lowest BCUT2D eigenvalue weighted by Gasteiger charge is -2.31. The van der Waals surface area contributed by atoms with Gasteiger partial charge in [0.05, 0.1) is 193 Å². The van der Waals surface area contributed by atoms with E-state index in [1.807, 2.05) is 47.5 Å². The van der Waals surface area contributed by atoms with Gasteiger partial charge in [-0.1, -0.05) is 95.1 Å². The number of benzene rings is 3. The van der Waals surface area contributed by atoms with Crippen molar-refractivity contribution in [3.63, 3.8) is 0 Å². The highest BCUT2D eigenvalue weighted by molar-refractivity contribution is 6.03. The molecule has 4 aliphatic rings. The van der Waals surface area contributed by atoms with Crippen LogP contribution in [0.4, 0.5) is 16.2 Å². The minimum atomic E-state index is -1.11. The third kappa shape index (κ3) is 37.8. The van der Waals surface area contributed by atoms with Crippen LogP contribution >= 0.6 is 0 Å². The molecule has 4 atom stereocenters. The van der Waals surface area contributed by atoms with Crippen LogP contribution in [-0.2, 0) is 104 Å². The highest BCUT2D eigenvalue weighted by Crippen LogP contribution is 2.40. The Morgan fingerprint density at radius 2 is 1.15 bits per heavy atom. The lowest BCUT2D eigenvalue weighted by Crippen LogP contribution is -2.53. The second-order valence-corrected chi connectivity index (χ2v) is 32.8. The number of rotatable bonds is 61. The fourth-order valence-corrected chi connectivity index (χ4v) is 13.9. The fraction of sp³-hybridized carbons (Fsp3) is 0.636. The van der Waals surface area contributed by atoms with Crippen LogP contribution in [0.3, 0.4) is 0 Å². The molecule has 0 spiro atoms. The summed E-state index contributed by atoms with van der Waals surface area (Å²) >= 11 is 0. The summed E-state index contributed by atoms with van der Waals surface area (Å²) in [5.74, 6) is -4.80. The average Bonchev–Trinajstić information content (AvgIpc) is 1.59. The molecule has 13 N–H and O–H groups in total. The number of hydrogen-bond acceptors (Lipinski definition) is 26. The first-order valence-corrected chi connectivity index (χ1v) is 43.9. The molecule has 0 saturated carbocycles. The first-order chi connectivity index (χ1) is 59.8. The predicted molar refractivity (Wildman–Crippen MR) is 466 cm³/mol. The summed E-state index contributed by atoms with van der Waals surface area (Å²) in [6, 6.07) is 19.8. The summed E-state index contributed by atoms with van der Waals surface area (Å²) in [7, 11) is 6.23. The SMILES string of the molecule is CC(C)C(=O)OCc1ccc(NC(=O)[C@H](CCCNC(N)=O)CC(=O)[C@@H](NC(=O)[C@@H](CCCCNC(=O)COC2CCCCCC3=C2NNN3CCOCCOCCOCCOCCC(=O)NCC[N+](C)(C)C)NC(=O)CCOCCOCCOCCOCCNC(=O)CCC(=O)N2Cc3ccccc3C3=C(NNN3C(C)C)c3ccccc32)C(C)C)cc1.